The molecule has 3 N–H and O–H groups in total. The largest absolute Gasteiger partial charge is 0.355 e. The minimum atomic E-state index is 0. The first kappa shape index (κ1) is 16.3. The minimum Gasteiger partial charge on any atom is -0.355 e. The lowest BCUT2D eigenvalue weighted by Gasteiger charge is -2.04. The molecule has 1 rings (SSSR count). The van der Waals surface area contributed by atoms with Crippen LogP contribution in [0.4, 0.5) is 0 Å². The third-order valence-electron chi connectivity index (χ3n) is 2.04. The van der Waals surface area contributed by atoms with E-state index in [4.69, 9.17) is 5.73 Å². The highest BCUT2D eigenvalue weighted by atomic mass is 35.5. The molecule has 96 valence electrons. The Hall–Kier alpha value is -0.710. The molecule has 0 fully saturated rings. The molecule has 0 saturated heterocycles. The van der Waals surface area contributed by atoms with Crippen molar-refractivity contribution in [2.75, 3.05) is 18.8 Å². The van der Waals surface area contributed by atoms with E-state index in [9.17, 15) is 4.79 Å². The molecule has 0 atom stereocenters. The fourth-order valence-corrected chi connectivity index (χ4v) is 2.02. The molecule has 0 unspecified atom stereocenters. The summed E-state index contributed by atoms with van der Waals surface area (Å²) in [5.41, 5.74) is 5.32. The van der Waals surface area contributed by atoms with Crippen LogP contribution in [-0.4, -0.2) is 24.7 Å². The van der Waals surface area contributed by atoms with Crippen LogP contribution in [0.1, 0.15) is 12.8 Å². The first-order valence-corrected chi connectivity index (χ1v) is 6.46. The Kier molecular flexibility index (Phi) is 10.0. The van der Waals surface area contributed by atoms with E-state index in [2.05, 4.69) is 17.4 Å². The van der Waals surface area contributed by atoms with E-state index in [1.807, 2.05) is 18.2 Å². The molecule has 0 heterocycles. The summed E-state index contributed by atoms with van der Waals surface area (Å²) in [5.74, 6) is 0.998. The Bertz CT molecular complexity index is 309. The van der Waals surface area contributed by atoms with E-state index >= 15 is 0 Å². The highest BCUT2D eigenvalue weighted by molar-refractivity contribution is 7.99. The fraction of sp³-hybridized carbons (Fsp3) is 0.417. The molecule has 5 heteroatoms. The van der Waals surface area contributed by atoms with Gasteiger partial charge in [0.15, 0.2) is 0 Å². The van der Waals surface area contributed by atoms with Crippen LogP contribution in [0.5, 0.6) is 0 Å². The molecule has 0 spiro atoms. The Morgan fingerprint density at radius 3 is 2.65 bits per heavy atom. The van der Waals surface area contributed by atoms with Gasteiger partial charge in [-0.1, -0.05) is 18.2 Å². The van der Waals surface area contributed by atoms with Crippen molar-refractivity contribution in [3.8, 4) is 0 Å². The molecular formula is C12H19ClN2OS. The van der Waals surface area contributed by atoms with Crippen LogP contribution < -0.4 is 11.1 Å². The number of carbonyl (C=O) groups excluding carboxylic acids is 1. The van der Waals surface area contributed by atoms with Gasteiger partial charge in [0.05, 0.1) is 0 Å². The monoisotopic (exact) mass is 274 g/mol. The summed E-state index contributed by atoms with van der Waals surface area (Å²) in [5, 5.41) is 2.87. The van der Waals surface area contributed by atoms with Gasteiger partial charge in [-0.2, -0.15) is 0 Å². The normalized spacial score (nSPS) is 9.47. The van der Waals surface area contributed by atoms with Crippen LogP contribution in [0, 0.1) is 0 Å². The van der Waals surface area contributed by atoms with E-state index in [1.165, 1.54) is 4.90 Å². The number of hydrogen-bond acceptors (Lipinski definition) is 3. The molecule has 0 saturated carbocycles. The summed E-state index contributed by atoms with van der Waals surface area (Å²) in [6.45, 7) is 1.29. The first-order valence-electron chi connectivity index (χ1n) is 5.47. The molecule has 0 aromatic heterocycles. The third-order valence-corrected chi connectivity index (χ3v) is 3.06. The Morgan fingerprint density at radius 2 is 2.00 bits per heavy atom. The number of nitrogens with one attached hydrogen (secondary N) is 1. The molecule has 1 aromatic carbocycles. The van der Waals surface area contributed by atoms with Crippen LogP contribution in [0.25, 0.3) is 0 Å². The van der Waals surface area contributed by atoms with Gasteiger partial charge in [0, 0.05) is 23.6 Å². The van der Waals surface area contributed by atoms with Gasteiger partial charge < -0.3 is 11.1 Å². The Morgan fingerprint density at radius 1 is 1.29 bits per heavy atom. The predicted molar refractivity (Wildman–Crippen MR) is 75.7 cm³/mol. The summed E-state index contributed by atoms with van der Waals surface area (Å²) in [4.78, 5) is 12.5. The van der Waals surface area contributed by atoms with Crippen molar-refractivity contribution in [2.24, 2.45) is 5.73 Å². The van der Waals surface area contributed by atoms with Gasteiger partial charge in [-0.15, -0.1) is 24.2 Å². The molecule has 0 bridgehead atoms. The lowest BCUT2D eigenvalue weighted by molar-refractivity contribution is -0.121. The molecule has 3 nitrogen and oxygen atoms in total. The van der Waals surface area contributed by atoms with Gasteiger partial charge in [-0.25, -0.2) is 0 Å². The second kappa shape index (κ2) is 10.4. The molecule has 0 aliphatic heterocycles. The smallest absolute Gasteiger partial charge is 0.220 e. The van der Waals surface area contributed by atoms with E-state index in [-0.39, 0.29) is 18.3 Å². The van der Waals surface area contributed by atoms with Crippen molar-refractivity contribution in [2.45, 2.75) is 17.7 Å². The predicted octanol–water partition coefficient (Wildman–Crippen LogP) is 2.06. The van der Waals surface area contributed by atoms with Crippen molar-refractivity contribution in [1.82, 2.24) is 5.32 Å². The molecule has 0 aliphatic carbocycles. The first-order chi connectivity index (χ1) is 7.83. The zero-order valence-corrected chi connectivity index (χ0v) is 11.4. The lowest BCUT2D eigenvalue weighted by Crippen LogP contribution is -2.25. The van der Waals surface area contributed by atoms with Gasteiger partial charge >= 0.3 is 0 Å². The Balaban J connectivity index is 0.00000256. The second-order valence-corrected chi connectivity index (χ2v) is 4.57. The van der Waals surface area contributed by atoms with Gasteiger partial charge in [-0.3, -0.25) is 4.79 Å². The lowest BCUT2D eigenvalue weighted by atomic mass is 10.3. The van der Waals surface area contributed by atoms with Crippen molar-refractivity contribution in [1.29, 1.82) is 0 Å². The van der Waals surface area contributed by atoms with E-state index < -0.39 is 0 Å². The maximum atomic E-state index is 11.2. The number of thioether (sulfide) groups is 1. The minimum absolute atomic E-state index is 0. The van der Waals surface area contributed by atoms with Gasteiger partial charge in [0.2, 0.25) is 5.91 Å². The van der Waals surface area contributed by atoms with Gasteiger partial charge in [0.1, 0.15) is 0 Å². The summed E-state index contributed by atoms with van der Waals surface area (Å²) in [6, 6.07) is 10.2. The quantitative estimate of drug-likeness (QED) is 0.591. The third kappa shape index (κ3) is 8.07. The number of benzene rings is 1. The summed E-state index contributed by atoms with van der Waals surface area (Å²) in [6.07, 6.45) is 1.30. The molecule has 0 aliphatic rings. The summed E-state index contributed by atoms with van der Waals surface area (Å²) >= 11 is 1.75. The number of rotatable bonds is 7. The summed E-state index contributed by atoms with van der Waals surface area (Å²) < 4.78 is 0. The zero-order valence-electron chi connectivity index (χ0n) is 9.72. The zero-order chi connectivity index (χ0) is 11.6. The molecular weight excluding hydrogens is 256 g/mol. The highest BCUT2D eigenvalue weighted by Gasteiger charge is 1.99. The van der Waals surface area contributed by atoms with Gasteiger partial charge in [0.25, 0.3) is 0 Å². The number of hydrogen-bond donors (Lipinski definition) is 2. The standard InChI is InChI=1S/C12H18N2OS.ClH/c13-8-4-7-12(15)14-9-10-16-11-5-2-1-3-6-11;/h1-3,5-6H,4,7-10,13H2,(H,14,15);1H. The fourth-order valence-electron chi connectivity index (χ4n) is 1.23. The van der Waals surface area contributed by atoms with E-state index in [1.54, 1.807) is 11.8 Å². The maximum Gasteiger partial charge on any atom is 0.220 e. The van der Waals surface area contributed by atoms with Crippen LogP contribution in [0.3, 0.4) is 0 Å². The highest BCUT2D eigenvalue weighted by Crippen LogP contribution is 2.15. The number of nitrogens with two attached hydrogens (primary N) is 1. The van der Waals surface area contributed by atoms with Crippen LogP contribution in [0.2, 0.25) is 0 Å². The van der Waals surface area contributed by atoms with Crippen molar-refractivity contribution in [3.63, 3.8) is 0 Å². The molecule has 1 aromatic rings. The average Bonchev–Trinajstić information content (AvgIpc) is 2.33. The summed E-state index contributed by atoms with van der Waals surface area (Å²) in [7, 11) is 0. The SMILES string of the molecule is Cl.NCCCC(=O)NCCSc1ccccc1. The number of amides is 1. The second-order valence-electron chi connectivity index (χ2n) is 3.40. The van der Waals surface area contributed by atoms with Gasteiger partial charge in [-0.05, 0) is 25.1 Å². The topological polar surface area (TPSA) is 55.1 Å². The molecule has 17 heavy (non-hydrogen) atoms. The number of carbonyl (C=O) groups is 1. The molecule has 0 radical (unpaired) electrons. The van der Waals surface area contributed by atoms with E-state index in [0.717, 1.165) is 12.2 Å². The van der Waals surface area contributed by atoms with Crippen LogP contribution in [0.15, 0.2) is 35.2 Å². The van der Waals surface area contributed by atoms with Crippen LogP contribution >= 0.6 is 24.2 Å². The van der Waals surface area contributed by atoms with Crippen molar-refractivity contribution >= 4 is 30.1 Å². The van der Waals surface area contributed by atoms with Crippen molar-refractivity contribution in [3.05, 3.63) is 30.3 Å². The van der Waals surface area contributed by atoms with Crippen molar-refractivity contribution < 1.29 is 4.79 Å². The maximum absolute atomic E-state index is 11.2. The number of halogens is 1. The molecule has 1 amide bonds. The average molecular weight is 275 g/mol. The van der Waals surface area contributed by atoms with E-state index in [0.29, 0.717) is 19.5 Å². The Labute approximate surface area is 113 Å². The van der Waals surface area contributed by atoms with Crippen LogP contribution in [-0.2, 0) is 4.79 Å².